The van der Waals surface area contributed by atoms with Crippen molar-refractivity contribution in [1.82, 2.24) is 10.6 Å². The summed E-state index contributed by atoms with van der Waals surface area (Å²) in [6.07, 6.45) is 0.989. The van der Waals surface area contributed by atoms with E-state index in [2.05, 4.69) is 31.4 Å². The largest absolute Gasteiger partial charge is 0.374 e. The molecule has 0 aliphatic carbocycles. The molecular weight excluding hydrogens is 304 g/mol. The first kappa shape index (κ1) is 22.9. The van der Waals surface area contributed by atoms with E-state index in [9.17, 15) is 9.59 Å². The van der Waals surface area contributed by atoms with Crippen LogP contribution in [-0.4, -0.2) is 36.6 Å². The lowest BCUT2D eigenvalue weighted by atomic mass is 9.87. The van der Waals surface area contributed by atoms with Gasteiger partial charge in [-0.25, -0.2) is 0 Å². The van der Waals surface area contributed by atoms with Gasteiger partial charge >= 0.3 is 0 Å². The third kappa shape index (κ3) is 13.3. The van der Waals surface area contributed by atoms with E-state index >= 15 is 0 Å². The van der Waals surface area contributed by atoms with E-state index in [4.69, 9.17) is 4.74 Å². The van der Waals surface area contributed by atoms with E-state index in [1.54, 1.807) is 0 Å². The number of hydrogen-bond acceptors (Lipinski definition) is 3. The molecule has 0 heterocycles. The topological polar surface area (TPSA) is 67.4 Å². The first-order valence-corrected chi connectivity index (χ1v) is 8.80. The summed E-state index contributed by atoms with van der Waals surface area (Å²) in [5.41, 5.74) is -0.386. The van der Waals surface area contributed by atoms with Crippen LogP contribution in [0.15, 0.2) is 0 Å². The third-order valence-electron chi connectivity index (χ3n) is 3.10. The van der Waals surface area contributed by atoms with Crippen LogP contribution in [0.25, 0.3) is 0 Å². The fraction of sp³-hybridized carbons (Fsp3) is 0.895. The predicted octanol–water partition coefficient (Wildman–Crippen LogP) is 3.27. The fourth-order valence-corrected chi connectivity index (χ4v) is 2.20. The molecule has 0 unspecified atom stereocenters. The average Bonchev–Trinajstić information content (AvgIpc) is 2.28. The molecule has 0 aromatic carbocycles. The van der Waals surface area contributed by atoms with Crippen molar-refractivity contribution in [2.75, 3.05) is 13.2 Å². The van der Waals surface area contributed by atoms with Crippen molar-refractivity contribution in [3.63, 3.8) is 0 Å². The van der Waals surface area contributed by atoms with Crippen molar-refractivity contribution < 1.29 is 14.3 Å². The molecule has 0 radical (unpaired) electrons. The van der Waals surface area contributed by atoms with Gasteiger partial charge in [-0.1, -0.05) is 41.5 Å². The zero-order valence-corrected chi connectivity index (χ0v) is 17.1. The highest BCUT2D eigenvalue weighted by molar-refractivity contribution is 5.87. The average molecular weight is 343 g/mol. The maximum atomic E-state index is 12.5. The molecule has 0 rings (SSSR count). The normalized spacial score (nSPS) is 14.2. The van der Waals surface area contributed by atoms with E-state index in [1.807, 2.05) is 41.5 Å². The van der Waals surface area contributed by atoms with Gasteiger partial charge in [0, 0.05) is 13.0 Å². The number of rotatable bonds is 7. The molecule has 5 nitrogen and oxygen atoms in total. The Hall–Kier alpha value is -1.10. The molecule has 2 amide bonds. The molecule has 0 saturated heterocycles. The van der Waals surface area contributed by atoms with Gasteiger partial charge in [-0.05, 0) is 38.0 Å². The van der Waals surface area contributed by atoms with Gasteiger partial charge < -0.3 is 15.4 Å². The number of nitrogens with one attached hydrogen (secondary N) is 2. The number of hydrogen-bond donors (Lipinski definition) is 2. The minimum Gasteiger partial charge on any atom is -0.374 e. The maximum Gasteiger partial charge on any atom is 0.242 e. The van der Waals surface area contributed by atoms with Crippen molar-refractivity contribution in [2.45, 2.75) is 86.8 Å². The van der Waals surface area contributed by atoms with Crippen LogP contribution in [0.1, 0.15) is 75.2 Å². The summed E-state index contributed by atoms with van der Waals surface area (Å²) < 4.78 is 5.61. The van der Waals surface area contributed by atoms with Crippen LogP contribution in [-0.2, 0) is 14.3 Å². The van der Waals surface area contributed by atoms with Gasteiger partial charge in [0.2, 0.25) is 11.8 Å². The molecule has 142 valence electrons. The Balaban J connectivity index is 4.64. The standard InChI is InChI=1S/C19H38N2O3/c1-17(2,3)12-14(21-15(22)13-18(4,5)6)16(23)20-10-11-24-19(7,8)9/h14H,10-13H2,1-9H3,(H,20,23)(H,21,22)/t14-/m0/s1. The molecule has 0 fully saturated rings. The van der Waals surface area contributed by atoms with Gasteiger partial charge in [0.15, 0.2) is 0 Å². The minimum atomic E-state index is -0.519. The summed E-state index contributed by atoms with van der Waals surface area (Å²) in [5.74, 6) is -0.234. The van der Waals surface area contributed by atoms with Gasteiger partial charge in [0.25, 0.3) is 0 Å². The molecule has 0 aromatic heterocycles. The van der Waals surface area contributed by atoms with Crippen LogP contribution in [0.2, 0.25) is 0 Å². The predicted molar refractivity (Wildman–Crippen MR) is 98.8 cm³/mol. The molecular formula is C19H38N2O3. The van der Waals surface area contributed by atoms with Crippen LogP contribution in [0, 0.1) is 10.8 Å². The zero-order chi connectivity index (χ0) is 19.2. The smallest absolute Gasteiger partial charge is 0.242 e. The summed E-state index contributed by atoms with van der Waals surface area (Å²) in [5, 5.41) is 5.76. The van der Waals surface area contributed by atoms with Crippen molar-refractivity contribution >= 4 is 11.8 Å². The van der Waals surface area contributed by atoms with Gasteiger partial charge in [0.1, 0.15) is 6.04 Å². The molecule has 0 aliphatic rings. The lowest BCUT2D eigenvalue weighted by molar-refractivity contribution is -0.130. The van der Waals surface area contributed by atoms with Crippen LogP contribution in [0.5, 0.6) is 0 Å². The monoisotopic (exact) mass is 342 g/mol. The summed E-state index contributed by atoms with van der Waals surface area (Å²) in [6, 6.07) is -0.519. The summed E-state index contributed by atoms with van der Waals surface area (Å²) in [6.45, 7) is 19.0. The molecule has 0 spiro atoms. The van der Waals surface area contributed by atoms with Crippen LogP contribution in [0.4, 0.5) is 0 Å². The molecule has 0 aliphatic heterocycles. The molecule has 0 aromatic rings. The number of carbonyl (C=O) groups excluding carboxylic acids is 2. The third-order valence-corrected chi connectivity index (χ3v) is 3.10. The second-order valence-corrected chi connectivity index (χ2v) is 9.87. The Bertz CT molecular complexity index is 412. The summed E-state index contributed by atoms with van der Waals surface area (Å²) >= 11 is 0. The van der Waals surface area contributed by atoms with E-state index < -0.39 is 6.04 Å². The summed E-state index contributed by atoms with van der Waals surface area (Å²) in [7, 11) is 0. The van der Waals surface area contributed by atoms with Gasteiger partial charge in [0.05, 0.1) is 12.2 Å². The Labute approximate surface area is 148 Å². The summed E-state index contributed by atoms with van der Waals surface area (Å²) in [4.78, 5) is 24.7. The quantitative estimate of drug-likeness (QED) is 0.698. The lowest BCUT2D eigenvalue weighted by Crippen LogP contribution is -2.49. The van der Waals surface area contributed by atoms with E-state index in [-0.39, 0.29) is 28.2 Å². The Morgan fingerprint density at radius 2 is 1.46 bits per heavy atom. The molecule has 0 saturated carbocycles. The van der Waals surface area contributed by atoms with Crippen molar-refractivity contribution in [3.8, 4) is 0 Å². The van der Waals surface area contributed by atoms with Gasteiger partial charge in [-0.2, -0.15) is 0 Å². The Kier molecular flexibility index (Phi) is 8.43. The number of amides is 2. The van der Waals surface area contributed by atoms with E-state index in [1.165, 1.54) is 0 Å². The van der Waals surface area contributed by atoms with Crippen molar-refractivity contribution in [3.05, 3.63) is 0 Å². The molecule has 5 heteroatoms. The number of carbonyl (C=O) groups is 2. The van der Waals surface area contributed by atoms with Crippen LogP contribution >= 0.6 is 0 Å². The van der Waals surface area contributed by atoms with Gasteiger partial charge in [-0.15, -0.1) is 0 Å². The van der Waals surface area contributed by atoms with E-state index in [0.29, 0.717) is 26.0 Å². The first-order chi connectivity index (χ1) is 10.6. The highest BCUT2D eigenvalue weighted by atomic mass is 16.5. The first-order valence-electron chi connectivity index (χ1n) is 8.80. The highest BCUT2D eigenvalue weighted by Crippen LogP contribution is 2.22. The molecule has 2 N–H and O–H groups in total. The fourth-order valence-electron chi connectivity index (χ4n) is 2.20. The molecule has 0 bridgehead atoms. The van der Waals surface area contributed by atoms with Gasteiger partial charge in [-0.3, -0.25) is 9.59 Å². The Morgan fingerprint density at radius 3 is 1.88 bits per heavy atom. The molecule has 1 atom stereocenters. The second-order valence-electron chi connectivity index (χ2n) is 9.87. The van der Waals surface area contributed by atoms with Crippen LogP contribution < -0.4 is 10.6 Å². The second kappa shape index (κ2) is 8.84. The van der Waals surface area contributed by atoms with Crippen molar-refractivity contribution in [1.29, 1.82) is 0 Å². The highest BCUT2D eigenvalue weighted by Gasteiger charge is 2.27. The molecule has 24 heavy (non-hydrogen) atoms. The minimum absolute atomic E-state index is 0.0566. The van der Waals surface area contributed by atoms with Crippen LogP contribution in [0.3, 0.4) is 0 Å². The SMILES string of the molecule is CC(C)(C)CC(=O)N[C@@H](CC(C)(C)C)C(=O)NCCOC(C)(C)C. The Morgan fingerprint density at radius 1 is 0.917 bits per heavy atom. The lowest BCUT2D eigenvalue weighted by Gasteiger charge is -2.27. The maximum absolute atomic E-state index is 12.5. The van der Waals surface area contributed by atoms with E-state index in [0.717, 1.165) is 0 Å². The van der Waals surface area contributed by atoms with Crippen molar-refractivity contribution in [2.24, 2.45) is 10.8 Å². The number of ether oxygens (including phenoxy) is 1. The zero-order valence-electron chi connectivity index (χ0n) is 17.1.